The molecule has 0 amide bonds. The summed E-state index contributed by atoms with van der Waals surface area (Å²) >= 11 is 0. The summed E-state index contributed by atoms with van der Waals surface area (Å²) in [5.74, 6) is 0.524. The Balaban J connectivity index is 2.06. The van der Waals surface area contributed by atoms with E-state index in [-0.39, 0.29) is 12.2 Å². The van der Waals surface area contributed by atoms with Crippen LogP contribution in [0.5, 0.6) is 17.2 Å². The molecule has 0 fully saturated rings. The average Bonchev–Trinajstić information content (AvgIpc) is 2.69. The van der Waals surface area contributed by atoms with Crippen molar-refractivity contribution < 1.29 is 36.9 Å². The molecule has 0 saturated carbocycles. The van der Waals surface area contributed by atoms with Crippen LogP contribution in [0.4, 0.5) is 13.2 Å². The van der Waals surface area contributed by atoms with Crippen LogP contribution in [0.1, 0.15) is 16.7 Å². The van der Waals surface area contributed by atoms with Crippen LogP contribution in [0, 0.1) is 0 Å². The van der Waals surface area contributed by atoms with Gasteiger partial charge in [0, 0.05) is 6.08 Å². The van der Waals surface area contributed by atoms with E-state index >= 15 is 0 Å². The molecule has 2 aromatic rings. The van der Waals surface area contributed by atoms with Gasteiger partial charge in [-0.1, -0.05) is 12.1 Å². The fourth-order valence-corrected chi connectivity index (χ4v) is 2.40. The van der Waals surface area contributed by atoms with Gasteiger partial charge in [0.15, 0.2) is 11.5 Å². The first kappa shape index (κ1) is 21.1. The van der Waals surface area contributed by atoms with Crippen molar-refractivity contribution in [3.63, 3.8) is 0 Å². The lowest BCUT2D eigenvalue weighted by molar-refractivity contribution is -0.139. The number of carbonyl (C=O) groups excluding carboxylic acids is 1. The van der Waals surface area contributed by atoms with Crippen LogP contribution in [-0.2, 0) is 22.3 Å². The molecule has 0 spiro atoms. The van der Waals surface area contributed by atoms with E-state index in [1.165, 1.54) is 39.5 Å². The van der Waals surface area contributed by atoms with Crippen molar-refractivity contribution in [1.82, 2.24) is 0 Å². The van der Waals surface area contributed by atoms with Gasteiger partial charge in [-0.05, 0) is 41.5 Å². The first-order valence-electron chi connectivity index (χ1n) is 8.09. The highest BCUT2D eigenvalue weighted by Gasteiger charge is 2.30. The molecule has 0 radical (unpaired) electrons. The number of rotatable bonds is 7. The molecular formula is C20H19F3O5. The van der Waals surface area contributed by atoms with Crippen LogP contribution in [0.3, 0.4) is 0 Å². The number of carbonyl (C=O) groups is 1. The Labute approximate surface area is 160 Å². The van der Waals surface area contributed by atoms with E-state index in [4.69, 9.17) is 18.9 Å². The highest BCUT2D eigenvalue weighted by atomic mass is 19.4. The molecule has 8 heteroatoms. The zero-order valence-electron chi connectivity index (χ0n) is 15.5. The maximum atomic E-state index is 12.7. The lowest BCUT2D eigenvalue weighted by Crippen LogP contribution is -2.04. The van der Waals surface area contributed by atoms with Crippen molar-refractivity contribution in [3.8, 4) is 17.2 Å². The molecule has 0 N–H and O–H groups in total. The first-order valence-corrected chi connectivity index (χ1v) is 8.09. The molecular weight excluding hydrogens is 377 g/mol. The van der Waals surface area contributed by atoms with Crippen LogP contribution in [-0.4, -0.2) is 27.3 Å². The van der Waals surface area contributed by atoms with Crippen molar-refractivity contribution in [2.24, 2.45) is 0 Å². The second-order valence-electron chi connectivity index (χ2n) is 5.60. The van der Waals surface area contributed by atoms with Crippen LogP contribution in [0.2, 0.25) is 0 Å². The summed E-state index contributed by atoms with van der Waals surface area (Å²) in [5.41, 5.74) is 0.0373. The van der Waals surface area contributed by atoms with Gasteiger partial charge in [-0.15, -0.1) is 0 Å². The number of hydrogen-bond donors (Lipinski definition) is 0. The zero-order chi connectivity index (χ0) is 20.7. The van der Waals surface area contributed by atoms with Gasteiger partial charge in [-0.3, -0.25) is 0 Å². The second-order valence-corrected chi connectivity index (χ2v) is 5.60. The Morgan fingerprint density at radius 2 is 1.64 bits per heavy atom. The monoisotopic (exact) mass is 396 g/mol. The first-order chi connectivity index (χ1) is 13.3. The van der Waals surface area contributed by atoms with Gasteiger partial charge in [0.2, 0.25) is 5.75 Å². The number of halogens is 3. The van der Waals surface area contributed by atoms with Gasteiger partial charge >= 0.3 is 12.1 Å². The molecule has 0 aliphatic carbocycles. The van der Waals surface area contributed by atoms with E-state index in [0.717, 1.165) is 18.2 Å². The predicted octanol–water partition coefficient (Wildman–Crippen LogP) is 4.49. The SMILES string of the molecule is COc1cc(COC(=O)/C=C/c2cccc(C(F)(F)F)c2)cc(OC)c1OC. The Bertz CT molecular complexity index is 834. The number of alkyl halides is 3. The number of hydrogen-bond acceptors (Lipinski definition) is 5. The minimum Gasteiger partial charge on any atom is -0.493 e. The summed E-state index contributed by atoms with van der Waals surface area (Å²) in [4.78, 5) is 11.9. The fraction of sp³-hybridized carbons (Fsp3) is 0.250. The smallest absolute Gasteiger partial charge is 0.416 e. The summed E-state index contributed by atoms with van der Waals surface area (Å²) in [6.45, 7) is -0.0809. The molecule has 2 rings (SSSR count). The quantitative estimate of drug-likeness (QED) is 0.510. The summed E-state index contributed by atoms with van der Waals surface area (Å²) in [6.07, 6.45) is -2.13. The molecule has 0 unspecified atom stereocenters. The van der Waals surface area contributed by atoms with Crippen molar-refractivity contribution in [2.75, 3.05) is 21.3 Å². The third-order valence-electron chi connectivity index (χ3n) is 3.73. The molecule has 0 atom stereocenters. The zero-order valence-corrected chi connectivity index (χ0v) is 15.5. The third-order valence-corrected chi connectivity index (χ3v) is 3.73. The second kappa shape index (κ2) is 9.16. The number of benzene rings is 2. The Morgan fingerprint density at radius 3 is 2.18 bits per heavy atom. The molecule has 150 valence electrons. The normalized spacial score (nSPS) is 11.4. The number of methoxy groups -OCH3 is 3. The minimum absolute atomic E-state index is 0.0809. The topological polar surface area (TPSA) is 54.0 Å². The van der Waals surface area contributed by atoms with Gasteiger partial charge in [0.25, 0.3) is 0 Å². The highest BCUT2D eigenvalue weighted by molar-refractivity contribution is 5.87. The van der Waals surface area contributed by atoms with E-state index in [1.54, 1.807) is 12.1 Å². The molecule has 0 aromatic heterocycles. The Kier molecular flexibility index (Phi) is 6.92. The highest BCUT2D eigenvalue weighted by Crippen LogP contribution is 2.38. The van der Waals surface area contributed by atoms with Crippen molar-refractivity contribution in [1.29, 1.82) is 0 Å². The summed E-state index contributed by atoms with van der Waals surface area (Å²) < 4.78 is 58.9. The van der Waals surface area contributed by atoms with Crippen molar-refractivity contribution in [2.45, 2.75) is 12.8 Å². The standard InChI is InChI=1S/C20H19F3O5/c1-25-16-10-14(11-17(26-2)19(16)27-3)12-28-18(24)8-7-13-5-4-6-15(9-13)20(21,22)23/h4-11H,12H2,1-3H3/b8-7+. The largest absolute Gasteiger partial charge is 0.493 e. The van der Waals surface area contributed by atoms with E-state index in [0.29, 0.717) is 22.8 Å². The van der Waals surface area contributed by atoms with Crippen LogP contribution < -0.4 is 14.2 Å². The van der Waals surface area contributed by atoms with Crippen LogP contribution in [0.15, 0.2) is 42.5 Å². The van der Waals surface area contributed by atoms with Crippen molar-refractivity contribution >= 4 is 12.0 Å². The van der Waals surface area contributed by atoms with E-state index < -0.39 is 17.7 Å². The molecule has 0 heterocycles. The minimum atomic E-state index is -4.45. The van der Waals surface area contributed by atoms with Gasteiger partial charge < -0.3 is 18.9 Å². The van der Waals surface area contributed by atoms with Gasteiger partial charge in [0.05, 0.1) is 26.9 Å². The molecule has 0 saturated heterocycles. The molecule has 0 aliphatic rings. The summed E-state index contributed by atoms with van der Waals surface area (Å²) in [6, 6.07) is 7.89. The maximum Gasteiger partial charge on any atom is 0.416 e. The molecule has 28 heavy (non-hydrogen) atoms. The summed E-state index contributed by atoms with van der Waals surface area (Å²) in [5, 5.41) is 0. The molecule has 0 aliphatic heterocycles. The molecule has 2 aromatic carbocycles. The van der Waals surface area contributed by atoms with Crippen molar-refractivity contribution in [3.05, 3.63) is 59.2 Å². The Morgan fingerprint density at radius 1 is 1.00 bits per heavy atom. The van der Waals surface area contributed by atoms with E-state index in [1.807, 2.05) is 0 Å². The van der Waals surface area contributed by atoms with Crippen LogP contribution >= 0.6 is 0 Å². The van der Waals surface area contributed by atoms with E-state index in [2.05, 4.69) is 0 Å². The van der Waals surface area contributed by atoms with Gasteiger partial charge in [0.1, 0.15) is 6.61 Å². The Hall–Kier alpha value is -3.16. The van der Waals surface area contributed by atoms with Gasteiger partial charge in [-0.2, -0.15) is 13.2 Å². The van der Waals surface area contributed by atoms with Crippen LogP contribution in [0.25, 0.3) is 6.08 Å². The molecule has 0 bridgehead atoms. The fourth-order valence-electron chi connectivity index (χ4n) is 2.40. The van der Waals surface area contributed by atoms with Gasteiger partial charge in [-0.25, -0.2) is 4.79 Å². The van der Waals surface area contributed by atoms with E-state index in [9.17, 15) is 18.0 Å². The number of ether oxygens (including phenoxy) is 4. The molecule has 5 nitrogen and oxygen atoms in total. The lowest BCUT2D eigenvalue weighted by atomic mass is 10.1. The predicted molar refractivity (Wildman–Crippen MR) is 96.4 cm³/mol. The number of esters is 1. The summed E-state index contributed by atoms with van der Waals surface area (Å²) in [7, 11) is 4.40. The maximum absolute atomic E-state index is 12.7. The lowest BCUT2D eigenvalue weighted by Gasteiger charge is -2.14. The third kappa shape index (κ3) is 5.42. The average molecular weight is 396 g/mol.